The molecule has 0 bridgehead atoms. The van der Waals surface area contributed by atoms with Gasteiger partial charge in [-0.25, -0.2) is 14.4 Å². The summed E-state index contributed by atoms with van der Waals surface area (Å²) in [6.07, 6.45) is 2.89. The van der Waals surface area contributed by atoms with Crippen LogP contribution >= 0.6 is 11.3 Å². The fourth-order valence-electron chi connectivity index (χ4n) is 3.09. The maximum Gasteiger partial charge on any atom is 0.266 e. The van der Waals surface area contributed by atoms with Gasteiger partial charge in [0.2, 0.25) is 0 Å². The highest BCUT2D eigenvalue weighted by Crippen LogP contribution is 2.18. The minimum absolute atomic E-state index is 0.256. The van der Waals surface area contributed by atoms with E-state index in [0.29, 0.717) is 35.6 Å². The standard InChI is InChI=1S/C20H17FN4OS/c1-12-18(4-3-9-22-12)25-19(8-6-15-11-27-13(2)23-15)24-17-7-5-14(21)10-16(17)20(25)26/h3-5,7,9-11H,6,8H2,1-2H3. The molecule has 5 nitrogen and oxygen atoms in total. The molecule has 3 aromatic heterocycles. The van der Waals surface area contributed by atoms with E-state index < -0.39 is 5.82 Å². The Hall–Kier alpha value is -2.93. The number of rotatable bonds is 4. The third-order valence-corrected chi connectivity index (χ3v) is 5.21. The zero-order valence-electron chi connectivity index (χ0n) is 14.9. The lowest BCUT2D eigenvalue weighted by Gasteiger charge is -2.15. The molecule has 136 valence electrons. The molecule has 0 N–H and O–H groups in total. The second kappa shape index (κ2) is 7.00. The quantitative estimate of drug-likeness (QED) is 0.541. The van der Waals surface area contributed by atoms with Gasteiger partial charge < -0.3 is 0 Å². The van der Waals surface area contributed by atoms with Crippen molar-refractivity contribution >= 4 is 22.2 Å². The number of aryl methyl sites for hydroxylation is 4. The van der Waals surface area contributed by atoms with Gasteiger partial charge in [-0.2, -0.15) is 0 Å². The number of pyridine rings is 1. The molecular formula is C20H17FN4OS. The highest BCUT2D eigenvalue weighted by atomic mass is 32.1. The topological polar surface area (TPSA) is 60.7 Å². The van der Waals surface area contributed by atoms with Crippen molar-refractivity contribution in [3.8, 4) is 5.69 Å². The maximum absolute atomic E-state index is 13.7. The lowest BCUT2D eigenvalue weighted by Crippen LogP contribution is -2.25. The molecule has 0 radical (unpaired) electrons. The van der Waals surface area contributed by atoms with Gasteiger partial charge in [0.15, 0.2) is 0 Å². The average Bonchev–Trinajstić information content (AvgIpc) is 3.07. The summed E-state index contributed by atoms with van der Waals surface area (Å²) < 4.78 is 15.3. The van der Waals surface area contributed by atoms with Gasteiger partial charge in [0.05, 0.1) is 33.0 Å². The van der Waals surface area contributed by atoms with E-state index >= 15 is 0 Å². The van der Waals surface area contributed by atoms with Gasteiger partial charge in [-0.1, -0.05) is 0 Å². The van der Waals surface area contributed by atoms with Crippen molar-refractivity contribution in [2.75, 3.05) is 0 Å². The van der Waals surface area contributed by atoms with Crippen LogP contribution in [0.5, 0.6) is 0 Å². The number of thiazole rings is 1. The largest absolute Gasteiger partial charge is 0.268 e. The molecule has 27 heavy (non-hydrogen) atoms. The molecule has 0 saturated heterocycles. The minimum Gasteiger partial charge on any atom is -0.268 e. The first-order chi connectivity index (χ1) is 13.0. The third-order valence-electron chi connectivity index (χ3n) is 4.39. The van der Waals surface area contributed by atoms with Crippen molar-refractivity contribution in [2.45, 2.75) is 26.7 Å². The summed E-state index contributed by atoms with van der Waals surface area (Å²) in [5, 5.41) is 3.28. The monoisotopic (exact) mass is 380 g/mol. The molecule has 0 unspecified atom stereocenters. The van der Waals surface area contributed by atoms with Gasteiger partial charge >= 0.3 is 0 Å². The van der Waals surface area contributed by atoms with Crippen molar-refractivity contribution < 1.29 is 4.39 Å². The smallest absolute Gasteiger partial charge is 0.266 e. The highest BCUT2D eigenvalue weighted by molar-refractivity contribution is 7.09. The van der Waals surface area contributed by atoms with Crippen LogP contribution in [0.2, 0.25) is 0 Å². The van der Waals surface area contributed by atoms with Crippen LogP contribution < -0.4 is 5.56 Å². The van der Waals surface area contributed by atoms with Gasteiger partial charge in [-0.05, 0) is 50.6 Å². The van der Waals surface area contributed by atoms with Crippen LogP contribution in [0, 0.1) is 19.7 Å². The fraction of sp³-hybridized carbons (Fsp3) is 0.200. The Morgan fingerprint density at radius 1 is 1.15 bits per heavy atom. The number of fused-ring (bicyclic) bond motifs is 1. The second-order valence-electron chi connectivity index (χ2n) is 6.30. The van der Waals surface area contributed by atoms with E-state index in [9.17, 15) is 9.18 Å². The summed E-state index contributed by atoms with van der Waals surface area (Å²) in [6.45, 7) is 3.80. The van der Waals surface area contributed by atoms with Crippen molar-refractivity contribution in [2.24, 2.45) is 0 Å². The Balaban J connectivity index is 1.90. The first-order valence-corrected chi connectivity index (χ1v) is 9.45. The molecule has 0 saturated carbocycles. The SMILES string of the molecule is Cc1nc(CCc2nc3ccc(F)cc3c(=O)n2-c2cccnc2C)cs1. The number of hydrogen-bond donors (Lipinski definition) is 0. The Kier molecular flexibility index (Phi) is 4.53. The summed E-state index contributed by atoms with van der Waals surface area (Å²) in [6, 6.07) is 7.70. The van der Waals surface area contributed by atoms with E-state index in [1.54, 1.807) is 34.2 Å². The molecule has 4 rings (SSSR count). The summed E-state index contributed by atoms with van der Waals surface area (Å²) >= 11 is 1.60. The number of benzene rings is 1. The normalized spacial score (nSPS) is 11.2. The van der Waals surface area contributed by atoms with E-state index in [4.69, 9.17) is 0 Å². The first-order valence-electron chi connectivity index (χ1n) is 8.57. The molecule has 0 atom stereocenters. The zero-order valence-corrected chi connectivity index (χ0v) is 15.8. The number of halogens is 1. The lowest BCUT2D eigenvalue weighted by molar-refractivity contribution is 0.629. The van der Waals surface area contributed by atoms with E-state index in [1.807, 2.05) is 25.3 Å². The summed E-state index contributed by atoms with van der Waals surface area (Å²) in [5.41, 5.74) is 2.54. The first kappa shape index (κ1) is 17.5. The molecule has 4 aromatic rings. The number of aromatic nitrogens is 4. The predicted molar refractivity (Wildman–Crippen MR) is 104 cm³/mol. The molecule has 0 aliphatic carbocycles. The van der Waals surface area contributed by atoms with Gasteiger partial charge in [-0.3, -0.25) is 14.3 Å². The number of hydrogen-bond acceptors (Lipinski definition) is 5. The molecule has 3 heterocycles. The van der Waals surface area contributed by atoms with E-state index in [-0.39, 0.29) is 10.9 Å². The van der Waals surface area contributed by atoms with E-state index in [2.05, 4.69) is 15.0 Å². The van der Waals surface area contributed by atoms with E-state index in [1.165, 1.54) is 12.1 Å². The van der Waals surface area contributed by atoms with E-state index in [0.717, 1.165) is 10.7 Å². The van der Waals surface area contributed by atoms with Crippen LogP contribution in [-0.2, 0) is 12.8 Å². The van der Waals surface area contributed by atoms with Crippen LogP contribution in [0.25, 0.3) is 16.6 Å². The van der Waals surface area contributed by atoms with Crippen LogP contribution in [0.3, 0.4) is 0 Å². The van der Waals surface area contributed by atoms with Crippen molar-refractivity contribution in [3.63, 3.8) is 0 Å². The van der Waals surface area contributed by atoms with Gasteiger partial charge in [0.1, 0.15) is 11.6 Å². The van der Waals surface area contributed by atoms with Crippen molar-refractivity contribution in [1.29, 1.82) is 0 Å². The molecule has 0 amide bonds. The highest BCUT2D eigenvalue weighted by Gasteiger charge is 2.15. The predicted octanol–water partition coefficient (Wildman–Crippen LogP) is 3.78. The second-order valence-corrected chi connectivity index (χ2v) is 7.36. The molecule has 0 fully saturated rings. The fourth-order valence-corrected chi connectivity index (χ4v) is 3.74. The van der Waals surface area contributed by atoms with Gasteiger partial charge in [-0.15, -0.1) is 11.3 Å². The Morgan fingerprint density at radius 2 is 2.00 bits per heavy atom. The average molecular weight is 380 g/mol. The summed E-state index contributed by atoms with van der Waals surface area (Å²) in [4.78, 5) is 26.6. The molecular weight excluding hydrogens is 363 g/mol. The molecule has 7 heteroatoms. The Morgan fingerprint density at radius 3 is 2.74 bits per heavy atom. The van der Waals surface area contributed by atoms with Crippen molar-refractivity contribution in [1.82, 2.24) is 19.5 Å². The molecule has 0 spiro atoms. The molecule has 1 aromatic carbocycles. The van der Waals surface area contributed by atoms with Gasteiger partial charge in [0.25, 0.3) is 5.56 Å². The van der Waals surface area contributed by atoms with Crippen LogP contribution in [0.1, 0.15) is 22.2 Å². The summed E-state index contributed by atoms with van der Waals surface area (Å²) in [5.74, 6) is 0.155. The van der Waals surface area contributed by atoms with Crippen LogP contribution in [0.4, 0.5) is 4.39 Å². The molecule has 0 aliphatic rings. The molecule has 0 aliphatic heterocycles. The van der Waals surface area contributed by atoms with Crippen LogP contribution in [0.15, 0.2) is 46.7 Å². The van der Waals surface area contributed by atoms with Gasteiger partial charge in [0, 0.05) is 18.0 Å². The Bertz CT molecular complexity index is 1200. The lowest BCUT2D eigenvalue weighted by atomic mass is 10.2. The summed E-state index contributed by atoms with van der Waals surface area (Å²) in [7, 11) is 0. The third kappa shape index (κ3) is 3.38. The zero-order chi connectivity index (χ0) is 19.0. The maximum atomic E-state index is 13.7. The van der Waals surface area contributed by atoms with Crippen molar-refractivity contribution in [3.05, 3.63) is 80.3 Å². The Labute approximate surface area is 159 Å². The minimum atomic E-state index is -0.457. The van der Waals surface area contributed by atoms with Crippen LogP contribution in [-0.4, -0.2) is 19.5 Å². The number of nitrogens with zero attached hydrogens (tertiary/aromatic N) is 4.